The molecule has 0 aromatic heterocycles. The molecule has 9 heteroatoms. The normalized spacial score (nSPS) is 18.6. The van der Waals surface area contributed by atoms with Gasteiger partial charge in [0.05, 0.1) is 4.90 Å². The SMILES string of the molecule is Cc1ccccc1C(=O)N[C@H](C(=O)N1CCCC1)C1CCN(S(=O)(=O)c2ccc(Cl)cc2)CC1. The maximum Gasteiger partial charge on any atom is 0.252 e. The van der Waals surface area contributed by atoms with E-state index in [1.54, 1.807) is 24.3 Å². The zero-order valence-corrected chi connectivity index (χ0v) is 20.8. The van der Waals surface area contributed by atoms with Crippen LogP contribution in [0.25, 0.3) is 0 Å². The van der Waals surface area contributed by atoms with E-state index < -0.39 is 16.1 Å². The van der Waals surface area contributed by atoms with Crippen LogP contribution in [0, 0.1) is 12.8 Å². The van der Waals surface area contributed by atoms with Gasteiger partial charge in [-0.15, -0.1) is 0 Å². The Morgan fingerprint density at radius 2 is 1.59 bits per heavy atom. The topological polar surface area (TPSA) is 86.8 Å². The Kier molecular flexibility index (Phi) is 7.60. The molecule has 2 amide bonds. The number of aryl methyl sites for hydroxylation is 1. The van der Waals surface area contributed by atoms with E-state index in [4.69, 9.17) is 11.6 Å². The number of sulfonamides is 1. The number of hydrogen-bond acceptors (Lipinski definition) is 4. The van der Waals surface area contributed by atoms with E-state index in [0.717, 1.165) is 18.4 Å². The summed E-state index contributed by atoms with van der Waals surface area (Å²) in [5.41, 5.74) is 1.39. The van der Waals surface area contributed by atoms with E-state index in [0.29, 0.717) is 49.6 Å². The molecule has 4 rings (SSSR count). The lowest BCUT2D eigenvalue weighted by Gasteiger charge is -2.36. The molecule has 2 aromatic rings. The number of piperidine rings is 1. The summed E-state index contributed by atoms with van der Waals surface area (Å²) in [6, 6.07) is 12.8. The highest BCUT2D eigenvalue weighted by molar-refractivity contribution is 7.89. The third-order valence-electron chi connectivity index (χ3n) is 6.78. The Morgan fingerprint density at radius 1 is 0.971 bits per heavy atom. The average molecular weight is 504 g/mol. The molecule has 0 bridgehead atoms. The number of hydrogen-bond donors (Lipinski definition) is 1. The highest BCUT2D eigenvalue weighted by Gasteiger charge is 2.38. The minimum atomic E-state index is -3.64. The summed E-state index contributed by atoms with van der Waals surface area (Å²) in [5, 5.41) is 3.48. The number of rotatable bonds is 6. The molecular formula is C25H30ClN3O4S. The van der Waals surface area contributed by atoms with Gasteiger partial charge in [0.15, 0.2) is 0 Å². The van der Waals surface area contributed by atoms with Crippen LogP contribution in [0.4, 0.5) is 0 Å². The van der Waals surface area contributed by atoms with E-state index in [-0.39, 0.29) is 22.6 Å². The van der Waals surface area contributed by atoms with Crippen LogP contribution in [0.5, 0.6) is 0 Å². The average Bonchev–Trinajstić information content (AvgIpc) is 3.38. The molecule has 0 unspecified atom stereocenters. The molecule has 2 fully saturated rings. The molecule has 0 aliphatic carbocycles. The second kappa shape index (κ2) is 10.5. The molecule has 7 nitrogen and oxygen atoms in total. The van der Waals surface area contributed by atoms with Crippen molar-refractivity contribution in [2.45, 2.75) is 43.5 Å². The van der Waals surface area contributed by atoms with Crippen LogP contribution in [-0.4, -0.2) is 61.7 Å². The largest absolute Gasteiger partial charge is 0.341 e. The van der Waals surface area contributed by atoms with Crippen molar-refractivity contribution in [3.05, 3.63) is 64.7 Å². The quantitative estimate of drug-likeness (QED) is 0.654. The number of likely N-dealkylation sites (tertiary alicyclic amines) is 1. The van der Waals surface area contributed by atoms with Crippen LogP contribution < -0.4 is 5.32 Å². The molecule has 0 spiro atoms. The Morgan fingerprint density at radius 3 is 2.21 bits per heavy atom. The molecule has 0 radical (unpaired) electrons. The number of amides is 2. The number of carbonyl (C=O) groups excluding carboxylic acids is 2. The molecule has 0 saturated carbocycles. The van der Waals surface area contributed by atoms with Crippen molar-refractivity contribution in [3.63, 3.8) is 0 Å². The summed E-state index contributed by atoms with van der Waals surface area (Å²) >= 11 is 5.90. The van der Waals surface area contributed by atoms with Crippen LogP contribution in [-0.2, 0) is 14.8 Å². The third-order valence-corrected chi connectivity index (χ3v) is 8.95. The zero-order chi connectivity index (χ0) is 24.3. The van der Waals surface area contributed by atoms with Crippen molar-refractivity contribution < 1.29 is 18.0 Å². The lowest BCUT2D eigenvalue weighted by atomic mass is 9.89. The Bertz CT molecular complexity index is 1140. The first-order valence-electron chi connectivity index (χ1n) is 11.7. The summed E-state index contributed by atoms with van der Waals surface area (Å²) in [4.78, 5) is 28.5. The Hall–Kier alpha value is -2.42. The maximum atomic E-state index is 13.4. The fourth-order valence-corrected chi connectivity index (χ4v) is 6.36. The highest BCUT2D eigenvalue weighted by Crippen LogP contribution is 2.28. The van der Waals surface area contributed by atoms with Gasteiger partial charge in [-0.25, -0.2) is 8.42 Å². The van der Waals surface area contributed by atoms with Gasteiger partial charge >= 0.3 is 0 Å². The molecule has 2 aromatic carbocycles. The minimum absolute atomic E-state index is 0.0709. The minimum Gasteiger partial charge on any atom is -0.341 e. The zero-order valence-electron chi connectivity index (χ0n) is 19.2. The molecule has 2 saturated heterocycles. The fourth-order valence-electron chi connectivity index (χ4n) is 4.77. The molecular weight excluding hydrogens is 474 g/mol. The second-order valence-electron chi connectivity index (χ2n) is 8.99. The molecule has 34 heavy (non-hydrogen) atoms. The van der Waals surface area contributed by atoms with Gasteiger partial charge < -0.3 is 10.2 Å². The van der Waals surface area contributed by atoms with Crippen LogP contribution >= 0.6 is 11.6 Å². The van der Waals surface area contributed by atoms with Gasteiger partial charge in [-0.05, 0) is 74.4 Å². The molecule has 182 valence electrons. The molecule has 2 aliphatic rings. The molecule has 1 atom stereocenters. The summed E-state index contributed by atoms with van der Waals surface area (Å²) in [6.07, 6.45) is 2.90. The van der Waals surface area contributed by atoms with E-state index in [1.165, 1.54) is 16.4 Å². The van der Waals surface area contributed by atoms with Crippen molar-refractivity contribution in [1.29, 1.82) is 0 Å². The van der Waals surface area contributed by atoms with E-state index >= 15 is 0 Å². The number of benzene rings is 2. The summed E-state index contributed by atoms with van der Waals surface area (Å²) in [5.74, 6) is -0.483. The van der Waals surface area contributed by atoms with Crippen molar-refractivity contribution >= 4 is 33.4 Å². The first-order chi connectivity index (χ1) is 16.3. The first-order valence-corrected chi connectivity index (χ1v) is 13.5. The van der Waals surface area contributed by atoms with Gasteiger partial charge in [0, 0.05) is 36.8 Å². The number of halogens is 1. The van der Waals surface area contributed by atoms with E-state index in [1.807, 2.05) is 24.0 Å². The summed E-state index contributed by atoms with van der Waals surface area (Å²) in [6.45, 7) is 3.84. The monoisotopic (exact) mass is 503 g/mol. The summed E-state index contributed by atoms with van der Waals surface area (Å²) in [7, 11) is -3.64. The van der Waals surface area contributed by atoms with E-state index in [2.05, 4.69) is 5.32 Å². The number of nitrogens with zero attached hydrogens (tertiary/aromatic N) is 2. The molecule has 2 aliphatic heterocycles. The van der Waals surface area contributed by atoms with Crippen LogP contribution in [0.15, 0.2) is 53.4 Å². The fraction of sp³-hybridized carbons (Fsp3) is 0.440. The lowest BCUT2D eigenvalue weighted by molar-refractivity contribution is -0.133. The Balaban J connectivity index is 1.50. The predicted octanol–water partition coefficient (Wildman–Crippen LogP) is 3.47. The van der Waals surface area contributed by atoms with Gasteiger partial charge in [-0.1, -0.05) is 29.8 Å². The van der Waals surface area contributed by atoms with Crippen molar-refractivity contribution in [1.82, 2.24) is 14.5 Å². The number of nitrogens with one attached hydrogen (secondary N) is 1. The van der Waals surface area contributed by atoms with Gasteiger partial charge in [-0.3, -0.25) is 9.59 Å². The van der Waals surface area contributed by atoms with Crippen molar-refractivity contribution in [2.24, 2.45) is 5.92 Å². The second-order valence-corrected chi connectivity index (χ2v) is 11.4. The third kappa shape index (κ3) is 5.29. The smallest absolute Gasteiger partial charge is 0.252 e. The van der Waals surface area contributed by atoms with Gasteiger partial charge in [0.25, 0.3) is 5.91 Å². The first kappa shape index (κ1) is 24.7. The molecule has 1 N–H and O–H groups in total. The van der Waals surface area contributed by atoms with Gasteiger partial charge in [0.2, 0.25) is 15.9 Å². The van der Waals surface area contributed by atoms with Crippen LogP contribution in [0.3, 0.4) is 0 Å². The van der Waals surface area contributed by atoms with E-state index in [9.17, 15) is 18.0 Å². The Labute approximate surface area is 206 Å². The standard InChI is InChI=1S/C25H30ClN3O4S/c1-18-6-2-3-7-22(18)24(30)27-23(25(31)28-14-4-5-15-28)19-12-16-29(17-13-19)34(32,33)21-10-8-20(26)9-11-21/h2-3,6-11,19,23H,4-5,12-17H2,1H3,(H,27,30)/t23-/m0/s1. The summed E-state index contributed by atoms with van der Waals surface area (Å²) < 4.78 is 27.6. The molecule has 2 heterocycles. The predicted molar refractivity (Wildman–Crippen MR) is 131 cm³/mol. The van der Waals surface area contributed by atoms with Gasteiger partial charge in [0.1, 0.15) is 6.04 Å². The highest BCUT2D eigenvalue weighted by atomic mass is 35.5. The number of carbonyl (C=O) groups is 2. The van der Waals surface area contributed by atoms with Crippen LogP contribution in [0.1, 0.15) is 41.6 Å². The van der Waals surface area contributed by atoms with Gasteiger partial charge in [-0.2, -0.15) is 4.31 Å². The van der Waals surface area contributed by atoms with Crippen molar-refractivity contribution in [3.8, 4) is 0 Å². The lowest BCUT2D eigenvalue weighted by Crippen LogP contribution is -2.54. The van der Waals surface area contributed by atoms with Crippen LogP contribution in [0.2, 0.25) is 5.02 Å². The van der Waals surface area contributed by atoms with Crippen molar-refractivity contribution in [2.75, 3.05) is 26.2 Å². The maximum absolute atomic E-state index is 13.4.